The largest absolute Gasteiger partial charge is 0.356 e. The highest BCUT2D eigenvalue weighted by Crippen LogP contribution is 2.20. The van der Waals surface area contributed by atoms with Crippen LogP contribution in [0.4, 0.5) is 0 Å². The van der Waals surface area contributed by atoms with Crippen LogP contribution in [0.2, 0.25) is 0 Å². The predicted octanol–water partition coefficient (Wildman–Crippen LogP) is 2.76. The molecule has 1 fully saturated rings. The van der Waals surface area contributed by atoms with Crippen molar-refractivity contribution >= 4 is 23.2 Å². The van der Waals surface area contributed by atoms with Crippen LogP contribution in [0.25, 0.3) is 0 Å². The topological polar surface area (TPSA) is 49.4 Å². The van der Waals surface area contributed by atoms with Crippen molar-refractivity contribution in [3.05, 3.63) is 22.4 Å². The Hall–Kier alpha value is -1.36. The van der Waals surface area contributed by atoms with Gasteiger partial charge in [-0.3, -0.25) is 9.59 Å². The van der Waals surface area contributed by atoms with E-state index in [0.29, 0.717) is 19.0 Å². The average molecular weight is 308 g/mol. The van der Waals surface area contributed by atoms with E-state index in [-0.39, 0.29) is 17.7 Å². The minimum Gasteiger partial charge on any atom is -0.356 e. The van der Waals surface area contributed by atoms with Crippen molar-refractivity contribution in [1.82, 2.24) is 10.2 Å². The minimum atomic E-state index is 0.0598. The molecule has 0 saturated carbocycles. The number of hydrogen-bond acceptors (Lipinski definition) is 3. The molecule has 1 aliphatic rings. The normalized spacial score (nSPS) is 16.2. The third kappa shape index (κ3) is 4.56. The van der Waals surface area contributed by atoms with E-state index in [1.165, 1.54) is 11.3 Å². The van der Waals surface area contributed by atoms with Crippen LogP contribution >= 0.6 is 11.3 Å². The van der Waals surface area contributed by atoms with Gasteiger partial charge in [0.05, 0.1) is 4.88 Å². The molecule has 0 aromatic carbocycles. The second kappa shape index (κ2) is 7.59. The number of likely N-dealkylation sites (tertiary alicyclic amines) is 1. The van der Waals surface area contributed by atoms with E-state index in [4.69, 9.17) is 0 Å². The first-order valence-electron chi connectivity index (χ1n) is 7.68. The van der Waals surface area contributed by atoms with Crippen molar-refractivity contribution in [3.63, 3.8) is 0 Å². The van der Waals surface area contributed by atoms with E-state index in [1.807, 2.05) is 22.4 Å². The third-order valence-corrected chi connectivity index (χ3v) is 4.76. The summed E-state index contributed by atoms with van der Waals surface area (Å²) in [6.45, 7) is 6.42. The Bertz CT molecular complexity index is 463. The highest BCUT2D eigenvalue weighted by Gasteiger charge is 2.27. The Kier molecular flexibility index (Phi) is 5.79. The van der Waals surface area contributed by atoms with Gasteiger partial charge >= 0.3 is 0 Å². The smallest absolute Gasteiger partial charge is 0.263 e. The molecule has 116 valence electrons. The molecule has 4 nitrogen and oxygen atoms in total. The summed E-state index contributed by atoms with van der Waals surface area (Å²) < 4.78 is 0. The Balaban J connectivity index is 1.75. The van der Waals surface area contributed by atoms with Crippen molar-refractivity contribution in [2.24, 2.45) is 11.8 Å². The van der Waals surface area contributed by atoms with E-state index in [9.17, 15) is 9.59 Å². The molecular weight excluding hydrogens is 284 g/mol. The number of hydrogen-bond donors (Lipinski definition) is 1. The van der Waals surface area contributed by atoms with Crippen molar-refractivity contribution < 1.29 is 9.59 Å². The summed E-state index contributed by atoms with van der Waals surface area (Å²) in [6, 6.07) is 3.75. The molecule has 2 rings (SSSR count). The van der Waals surface area contributed by atoms with Gasteiger partial charge < -0.3 is 10.2 Å². The second-order valence-electron chi connectivity index (χ2n) is 6.02. The lowest BCUT2D eigenvalue weighted by atomic mass is 9.95. The van der Waals surface area contributed by atoms with Crippen LogP contribution in [0.3, 0.4) is 0 Å². The van der Waals surface area contributed by atoms with Gasteiger partial charge in [-0.2, -0.15) is 0 Å². The zero-order chi connectivity index (χ0) is 15.2. The molecule has 1 aromatic heterocycles. The maximum Gasteiger partial charge on any atom is 0.263 e. The zero-order valence-corrected chi connectivity index (χ0v) is 13.6. The number of carbonyl (C=O) groups is 2. The monoisotopic (exact) mass is 308 g/mol. The van der Waals surface area contributed by atoms with Gasteiger partial charge in [0.1, 0.15) is 0 Å². The zero-order valence-electron chi connectivity index (χ0n) is 12.8. The number of rotatable bonds is 5. The molecule has 5 heteroatoms. The van der Waals surface area contributed by atoms with Crippen LogP contribution in [0.15, 0.2) is 17.5 Å². The molecule has 1 aromatic rings. The highest BCUT2D eigenvalue weighted by molar-refractivity contribution is 7.12. The van der Waals surface area contributed by atoms with Gasteiger partial charge in [-0.1, -0.05) is 19.9 Å². The van der Waals surface area contributed by atoms with Gasteiger partial charge in [0, 0.05) is 25.6 Å². The number of carbonyl (C=O) groups excluding carboxylic acids is 2. The van der Waals surface area contributed by atoms with Gasteiger partial charge in [0.2, 0.25) is 5.91 Å². The van der Waals surface area contributed by atoms with E-state index >= 15 is 0 Å². The summed E-state index contributed by atoms with van der Waals surface area (Å²) in [5.41, 5.74) is 0. The van der Waals surface area contributed by atoms with Crippen LogP contribution in [0.1, 0.15) is 42.8 Å². The molecule has 2 heterocycles. The maximum atomic E-state index is 12.2. The van der Waals surface area contributed by atoms with E-state index in [1.54, 1.807) is 0 Å². The Labute approximate surface area is 130 Å². The molecule has 1 N–H and O–H groups in total. The molecular formula is C16H24N2O2S. The first-order chi connectivity index (χ1) is 10.1. The van der Waals surface area contributed by atoms with Crippen LogP contribution in [0.5, 0.6) is 0 Å². The molecule has 0 radical (unpaired) electrons. The Morgan fingerprint density at radius 1 is 1.38 bits per heavy atom. The van der Waals surface area contributed by atoms with Crippen LogP contribution in [-0.2, 0) is 4.79 Å². The fourth-order valence-corrected chi connectivity index (χ4v) is 3.22. The number of thiophene rings is 1. The summed E-state index contributed by atoms with van der Waals surface area (Å²) in [5.74, 6) is 0.919. The number of nitrogens with one attached hydrogen (secondary N) is 1. The molecule has 1 saturated heterocycles. The summed E-state index contributed by atoms with van der Waals surface area (Å²) in [4.78, 5) is 26.9. The molecule has 0 spiro atoms. The lowest BCUT2D eigenvalue weighted by molar-refractivity contribution is -0.126. The van der Waals surface area contributed by atoms with E-state index < -0.39 is 0 Å². The first-order valence-corrected chi connectivity index (χ1v) is 8.56. The molecule has 0 unspecified atom stereocenters. The molecule has 1 aliphatic heterocycles. The number of amides is 2. The lowest BCUT2D eigenvalue weighted by Crippen LogP contribution is -2.43. The quantitative estimate of drug-likeness (QED) is 0.909. The minimum absolute atomic E-state index is 0.0598. The van der Waals surface area contributed by atoms with Gasteiger partial charge in [0.15, 0.2) is 0 Å². The van der Waals surface area contributed by atoms with Crippen molar-refractivity contribution in [2.45, 2.75) is 33.1 Å². The highest BCUT2D eigenvalue weighted by atomic mass is 32.1. The first kappa shape index (κ1) is 16.0. The molecule has 0 aliphatic carbocycles. The van der Waals surface area contributed by atoms with Gasteiger partial charge in [-0.05, 0) is 36.6 Å². The molecule has 0 atom stereocenters. The Morgan fingerprint density at radius 2 is 2.10 bits per heavy atom. The molecule has 2 amide bonds. The van der Waals surface area contributed by atoms with Gasteiger partial charge in [-0.25, -0.2) is 0 Å². The summed E-state index contributed by atoms with van der Waals surface area (Å²) >= 11 is 1.48. The second-order valence-corrected chi connectivity index (χ2v) is 6.97. The Morgan fingerprint density at radius 3 is 2.67 bits per heavy atom. The molecule has 0 bridgehead atoms. The van der Waals surface area contributed by atoms with Crippen LogP contribution in [-0.4, -0.2) is 36.3 Å². The molecule has 21 heavy (non-hydrogen) atoms. The fourth-order valence-electron chi connectivity index (χ4n) is 2.53. The van der Waals surface area contributed by atoms with Crippen molar-refractivity contribution in [1.29, 1.82) is 0 Å². The summed E-state index contributed by atoms with van der Waals surface area (Å²) in [5, 5.41) is 4.93. The summed E-state index contributed by atoms with van der Waals surface area (Å²) in [7, 11) is 0. The van der Waals surface area contributed by atoms with E-state index in [2.05, 4.69) is 19.2 Å². The predicted molar refractivity (Wildman–Crippen MR) is 85.4 cm³/mol. The third-order valence-electron chi connectivity index (χ3n) is 3.91. The van der Waals surface area contributed by atoms with Crippen LogP contribution < -0.4 is 5.32 Å². The lowest BCUT2D eigenvalue weighted by Gasteiger charge is -2.31. The average Bonchev–Trinajstić information content (AvgIpc) is 3.00. The van der Waals surface area contributed by atoms with Gasteiger partial charge in [-0.15, -0.1) is 11.3 Å². The van der Waals surface area contributed by atoms with Crippen molar-refractivity contribution in [2.75, 3.05) is 19.6 Å². The van der Waals surface area contributed by atoms with Crippen LogP contribution in [0, 0.1) is 11.8 Å². The number of piperidine rings is 1. The summed E-state index contributed by atoms with van der Waals surface area (Å²) in [6.07, 6.45) is 2.55. The fraction of sp³-hybridized carbons (Fsp3) is 0.625. The maximum absolute atomic E-state index is 12.2. The standard InChI is InChI=1S/C16H24N2O2S/c1-12(2)5-8-17-15(19)13-6-9-18(10-7-13)16(20)14-4-3-11-21-14/h3-4,11-13H,5-10H2,1-2H3,(H,17,19). The SMILES string of the molecule is CC(C)CCNC(=O)C1CCN(C(=O)c2cccs2)CC1. The number of nitrogens with zero attached hydrogens (tertiary/aromatic N) is 1. The van der Waals surface area contributed by atoms with Gasteiger partial charge in [0.25, 0.3) is 5.91 Å². The van der Waals surface area contributed by atoms with Crippen molar-refractivity contribution in [3.8, 4) is 0 Å². The van der Waals surface area contributed by atoms with E-state index in [0.717, 1.165) is 30.7 Å².